The Morgan fingerprint density at radius 1 is 1.29 bits per heavy atom. The molecule has 21 heavy (non-hydrogen) atoms. The molecule has 1 unspecified atom stereocenters. The number of carbonyl (C=O) groups is 1. The summed E-state index contributed by atoms with van der Waals surface area (Å²) < 4.78 is 0. The maximum Gasteiger partial charge on any atom is 0.255 e. The molecule has 0 fully saturated rings. The average Bonchev–Trinajstić information content (AvgIpc) is 2.53. The molecule has 0 spiro atoms. The van der Waals surface area contributed by atoms with E-state index in [-0.39, 0.29) is 11.9 Å². The van der Waals surface area contributed by atoms with Gasteiger partial charge in [0.1, 0.15) is 5.82 Å². The molecule has 0 aliphatic carbocycles. The second-order valence-electron chi connectivity index (χ2n) is 5.47. The number of amides is 1. The number of pyridine rings is 1. The number of rotatable bonds is 9. The molecule has 0 radical (unpaired) electrons. The Balaban J connectivity index is 2.77. The Hall–Kier alpha value is -1.58. The molecule has 0 aliphatic rings. The highest BCUT2D eigenvalue weighted by Gasteiger charge is 2.20. The quantitative estimate of drug-likeness (QED) is 0.749. The summed E-state index contributed by atoms with van der Waals surface area (Å²) >= 11 is 0. The molecular formula is C17H29N3O. The summed E-state index contributed by atoms with van der Waals surface area (Å²) in [5, 5.41) is 3.22. The molecule has 4 heteroatoms. The summed E-state index contributed by atoms with van der Waals surface area (Å²) in [6, 6.07) is 4.02. The van der Waals surface area contributed by atoms with Gasteiger partial charge in [-0.3, -0.25) is 4.79 Å². The standard InChI is InChI=1S/C17H29N3O/c1-5-8-12-20(14(4)7-3)17(21)15-9-10-16(19-13-15)18-11-6-2/h9-10,13-14H,5-8,11-12H2,1-4H3,(H,18,19). The molecule has 1 N–H and O–H groups in total. The summed E-state index contributed by atoms with van der Waals surface area (Å²) in [5.41, 5.74) is 0.674. The second kappa shape index (κ2) is 9.37. The molecule has 4 nitrogen and oxygen atoms in total. The van der Waals surface area contributed by atoms with Gasteiger partial charge in [0.25, 0.3) is 5.91 Å². The minimum absolute atomic E-state index is 0.0901. The van der Waals surface area contributed by atoms with Gasteiger partial charge in [-0.2, -0.15) is 0 Å². The molecule has 1 aromatic heterocycles. The lowest BCUT2D eigenvalue weighted by molar-refractivity contribution is 0.0685. The van der Waals surface area contributed by atoms with Gasteiger partial charge in [-0.15, -0.1) is 0 Å². The zero-order valence-electron chi connectivity index (χ0n) is 13.9. The Morgan fingerprint density at radius 3 is 2.57 bits per heavy atom. The van der Waals surface area contributed by atoms with E-state index < -0.39 is 0 Å². The van der Waals surface area contributed by atoms with Crippen LogP contribution in [-0.4, -0.2) is 34.9 Å². The third-order valence-corrected chi connectivity index (χ3v) is 3.70. The van der Waals surface area contributed by atoms with E-state index in [4.69, 9.17) is 0 Å². The van der Waals surface area contributed by atoms with Gasteiger partial charge < -0.3 is 10.2 Å². The number of carbonyl (C=O) groups excluding carboxylic acids is 1. The fourth-order valence-electron chi connectivity index (χ4n) is 2.11. The predicted molar refractivity (Wildman–Crippen MR) is 88.7 cm³/mol. The van der Waals surface area contributed by atoms with Gasteiger partial charge in [-0.25, -0.2) is 4.98 Å². The van der Waals surface area contributed by atoms with Crippen LogP contribution in [0.15, 0.2) is 18.3 Å². The van der Waals surface area contributed by atoms with Gasteiger partial charge in [-0.05, 0) is 38.3 Å². The van der Waals surface area contributed by atoms with Crippen molar-refractivity contribution in [1.29, 1.82) is 0 Å². The van der Waals surface area contributed by atoms with Crippen LogP contribution in [0.3, 0.4) is 0 Å². The zero-order valence-corrected chi connectivity index (χ0v) is 13.9. The van der Waals surface area contributed by atoms with Gasteiger partial charge in [0.05, 0.1) is 5.56 Å². The van der Waals surface area contributed by atoms with E-state index in [2.05, 4.69) is 38.0 Å². The number of aromatic nitrogens is 1. The van der Waals surface area contributed by atoms with Crippen molar-refractivity contribution in [2.75, 3.05) is 18.4 Å². The SMILES string of the molecule is CCCCN(C(=O)c1ccc(NCCC)nc1)C(C)CC. The third-order valence-electron chi connectivity index (χ3n) is 3.70. The lowest BCUT2D eigenvalue weighted by atomic mass is 10.1. The third kappa shape index (κ3) is 5.37. The summed E-state index contributed by atoms with van der Waals surface area (Å²) in [6.45, 7) is 10.2. The van der Waals surface area contributed by atoms with Crippen LogP contribution < -0.4 is 5.32 Å². The van der Waals surface area contributed by atoms with E-state index in [1.165, 1.54) is 0 Å². The van der Waals surface area contributed by atoms with Crippen LogP contribution in [0.4, 0.5) is 5.82 Å². The molecule has 0 bridgehead atoms. The summed E-state index contributed by atoms with van der Waals surface area (Å²) in [6.07, 6.45) is 5.85. The fourth-order valence-corrected chi connectivity index (χ4v) is 2.11. The molecule has 0 saturated heterocycles. The van der Waals surface area contributed by atoms with E-state index in [1.54, 1.807) is 6.20 Å². The Kier molecular flexibility index (Phi) is 7.80. The van der Waals surface area contributed by atoms with E-state index in [1.807, 2.05) is 17.0 Å². The van der Waals surface area contributed by atoms with Crippen molar-refractivity contribution in [3.63, 3.8) is 0 Å². The summed E-state index contributed by atoms with van der Waals surface area (Å²) in [7, 11) is 0. The number of nitrogens with zero attached hydrogens (tertiary/aromatic N) is 2. The van der Waals surface area contributed by atoms with E-state index in [0.29, 0.717) is 5.56 Å². The van der Waals surface area contributed by atoms with Crippen LogP contribution in [0.1, 0.15) is 63.7 Å². The number of unbranched alkanes of at least 4 members (excludes halogenated alkanes) is 1. The zero-order chi connectivity index (χ0) is 15.7. The number of hydrogen-bond donors (Lipinski definition) is 1. The monoisotopic (exact) mass is 291 g/mol. The first-order valence-electron chi connectivity index (χ1n) is 8.14. The Bertz CT molecular complexity index is 417. The van der Waals surface area contributed by atoms with Crippen molar-refractivity contribution in [2.45, 2.75) is 59.4 Å². The molecule has 118 valence electrons. The minimum Gasteiger partial charge on any atom is -0.370 e. The maximum atomic E-state index is 12.6. The smallest absolute Gasteiger partial charge is 0.255 e. The molecule has 0 saturated carbocycles. The molecule has 0 aliphatic heterocycles. The highest BCUT2D eigenvalue weighted by molar-refractivity contribution is 5.94. The van der Waals surface area contributed by atoms with Crippen LogP contribution in [-0.2, 0) is 0 Å². The maximum absolute atomic E-state index is 12.6. The highest BCUT2D eigenvalue weighted by atomic mass is 16.2. The van der Waals surface area contributed by atoms with Crippen LogP contribution in [0.5, 0.6) is 0 Å². The molecule has 1 aromatic rings. The number of nitrogens with one attached hydrogen (secondary N) is 1. The van der Waals surface area contributed by atoms with Gasteiger partial charge in [0, 0.05) is 25.3 Å². The first-order chi connectivity index (χ1) is 10.1. The van der Waals surface area contributed by atoms with Crippen molar-refractivity contribution < 1.29 is 4.79 Å². The van der Waals surface area contributed by atoms with Crippen molar-refractivity contribution in [2.24, 2.45) is 0 Å². The van der Waals surface area contributed by atoms with Crippen molar-refractivity contribution in [3.8, 4) is 0 Å². The normalized spacial score (nSPS) is 12.0. The number of hydrogen-bond acceptors (Lipinski definition) is 3. The van der Waals surface area contributed by atoms with Crippen molar-refractivity contribution in [3.05, 3.63) is 23.9 Å². The van der Waals surface area contributed by atoms with E-state index in [0.717, 1.165) is 44.6 Å². The first kappa shape index (κ1) is 17.5. The predicted octanol–water partition coefficient (Wildman–Crippen LogP) is 3.94. The largest absolute Gasteiger partial charge is 0.370 e. The van der Waals surface area contributed by atoms with Crippen LogP contribution in [0.2, 0.25) is 0 Å². The Morgan fingerprint density at radius 2 is 2.05 bits per heavy atom. The number of anilines is 1. The van der Waals surface area contributed by atoms with Crippen molar-refractivity contribution in [1.82, 2.24) is 9.88 Å². The molecule has 0 aromatic carbocycles. The fraction of sp³-hybridized carbons (Fsp3) is 0.647. The highest BCUT2D eigenvalue weighted by Crippen LogP contribution is 2.13. The molecule has 1 amide bonds. The topological polar surface area (TPSA) is 45.2 Å². The van der Waals surface area contributed by atoms with Gasteiger partial charge >= 0.3 is 0 Å². The lowest BCUT2D eigenvalue weighted by Gasteiger charge is -2.28. The van der Waals surface area contributed by atoms with Crippen molar-refractivity contribution >= 4 is 11.7 Å². The summed E-state index contributed by atoms with van der Waals surface area (Å²) in [4.78, 5) is 18.9. The molecule has 1 atom stereocenters. The van der Waals surface area contributed by atoms with Crippen LogP contribution in [0.25, 0.3) is 0 Å². The molecular weight excluding hydrogens is 262 g/mol. The molecule has 1 heterocycles. The summed E-state index contributed by atoms with van der Waals surface area (Å²) in [5.74, 6) is 0.921. The van der Waals surface area contributed by atoms with E-state index >= 15 is 0 Å². The van der Waals surface area contributed by atoms with Gasteiger partial charge in [0.2, 0.25) is 0 Å². The van der Waals surface area contributed by atoms with Crippen LogP contribution in [0, 0.1) is 0 Å². The second-order valence-corrected chi connectivity index (χ2v) is 5.47. The lowest BCUT2D eigenvalue weighted by Crippen LogP contribution is -2.39. The van der Waals surface area contributed by atoms with Crippen LogP contribution >= 0.6 is 0 Å². The van der Waals surface area contributed by atoms with Gasteiger partial charge in [-0.1, -0.05) is 27.2 Å². The Labute approximate surface area is 129 Å². The first-order valence-corrected chi connectivity index (χ1v) is 8.14. The average molecular weight is 291 g/mol. The minimum atomic E-state index is 0.0901. The van der Waals surface area contributed by atoms with Gasteiger partial charge in [0.15, 0.2) is 0 Å². The molecule has 1 rings (SSSR count). The van der Waals surface area contributed by atoms with E-state index in [9.17, 15) is 4.79 Å².